The Morgan fingerprint density at radius 2 is 2.29 bits per heavy atom. The second kappa shape index (κ2) is 4.55. The van der Waals surface area contributed by atoms with Gasteiger partial charge in [-0.3, -0.25) is 0 Å². The first-order chi connectivity index (χ1) is 8.10. The predicted molar refractivity (Wildman–Crippen MR) is 66.3 cm³/mol. The summed E-state index contributed by atoms with van der Waals surface area (Å²) >= 11 is 0. The molecule has 2 aromatic rings. The number of ether oxygens (including phenoxy) is 1. The average molecular weight is 233 g/mol. The lowest BCUT2D eigenvalue weighted by Crippen LogP contribution is -2.22. The van der Waals surface area contributed by atoms with Crippen molar-refractivity contribution < 1.29 is 4.74 Å². The number of H-pyrrole nitrogens is 1. The van der Waals surface area contributed by atoms with Crippen LogP contribution in [-0.4, -0.2) is 23.1 Å². The standard InChI is InChI=1S/C12H15N3O2/c1-7(13)5-10-9-4-3-8(17-2)6-11(9)15-12(16)14-10/h3-4,6-7H,5,13H2,1-2H3,(H,14,15,16). The van der Waals surface area contributed by atoms with Crippen molar-refractivity contribution in [2.75, 3.05) is 7.11 Å². The zero-order valence-electron chi connectivity index (χ0n) is 9.86. The molecule has 5 heteroatoms. The van der Waals surface area contributed by atoms with Gasteiger partial charge in [0.25, 0.3) is 0 Å². The number of aromatic nitrogens is 2. The lowest BCUT2D eigenvalue weighted by Gasteiger charge is -2.09. The van der Waals surface area contributed by atoms with Gasteiger partial charge in [0.1, 0.15) is 5.75 Å². The fourth-order valence-electron chi connectivity index (χ4n) is 1.80. The summed E-state index contributed by atoms with van der Waals surface area (Å²) < 4.78 is 5.11. The van der Waals surface area contributed by atoms with Crippen LogP contribution in [0.4, 0.5) is 0 Å². The number of benzene rings is 1. The van der Waals surface area contributed by atoms with Gasteiger partial charge in [-0.15, -0.1) is 0 Å². The number of hydrogen-bond acceptors (Lipinski definition) is 4. The zero-order chi connectivity index (χ0) is 12.4. The highest BCUT2D eigenvalue weighted by atomic mass is 16.5. The van der Waals surface area contributed by atoms with Gasteiger partial charge in [-0.1, -0.05) is 0 Å². The van der Waals surface area contributed by atoms with Gasteiger partial charge in [0.2, 0.25) is 0 Å². The van der Waals surface area contributed by atoms with Crippen LogP contribution in [0.3, 0.4) is 0 Å². The van der Waals surface area contributed by atoms with Crippen LogP contribution in [0.15, 0.2) is 23.0 Å². The molecule has 0 saturated carbocycles. The van der Waals surface area contributed by atoms with Crippen LogP contribution >= 0.6 is 0 Å². The highest BCUT2D eigenvalue weighted by Gasteiger charge is 2.07. The Labute approximate surface area is 98.6 Å². The van der Waals surface area contributed by atoms with Crippen molar-refractivity contribution in [3.05, 3.63) is 34.4 Å². The van der Waals surface area contributed by atoms with E-state index in [0.717, 1.165) is 11.1 Å². The molecule has 1 heterocycles. The quantitative estimate of drug-likeness (QED) is 0.822. The van der Waals surface area contributed by atoms with E-state index in [1.807, 2.05) is 19.1 Å². The summed E-state index contributed by atoms with van der Waals surface area (Å²) in [7, 11) is 1.58. The van der Waals surface area contributed by atoms with E-state index in [-0.39, 0.29) is 11.7 Å². The van der Waals surface area contributed by atoms with Gasteiger partial charge in [0.05, 0.1) is 12.6 Å². The minimum absolute atomic E-state index is 0.0154. The summed E-state index contributed by atoms with van der Waals surface area (Å²) in [5, 5.41) is 0.905. The molecule has 0 amide bonds. The third-order valence-corrected chi connectivity index (χ3v) is 2.54. The van der Waals surface area contributed by atoms with Crippen molar-refractivity contribution in [3.8, 4) is 5.75 Å². The molecule has 5 nitrogen and oxygen atoms in total. The first-order valence-corrected chi connectivity index (χ1v) is 5.42. The summed E-state index contributed by atoms with van der Waals surface area (Å²) in [6.45, 7) is 1.90. The maximum absolute atomic E-state index is 11.4. The number of methoxy groups -OCH3 is 1. The topological polar surface area (TPSA) is 81.0 Å². The van der Waals surface area contributed by atoms with Gasteiger partial charge in [-0.05, 0) is 19.1 Å². The lowest BCUT2D eigenvalue weighted by molar-refractivity contribution is 0.415. The zero-order valence-corrected chi connectivity index (χ0v) is 9.86. The molecule has 1 atom stereocenters. The predicted octanol–water partition coefficient (Wildman–Crippen LogP) is 0.821. The van der Waals surface area contributed by atoms with E-state index >= 15 is 0 Å². The molecule has 0 bridgehead atoms. The Morgan fingerprint density at radius 1 is 1.53 bits per heavy atom. The van der Waals surface area contributed by atoms with Gasteiger partial charge < -0.3 is 15.5 Å². The third-order valence-electron chi connectivity index (χ3n) is 2.54. The van der Waals surface area contributed by atoms with Gasteiger partial charge in [0, 0.05) is 29.6 Å². The molecular formula is C12H15N3O2. The second-order valence-electron chi connectivity index (χ2n) is 4.08. The van der Waals surface area contributed by atoms with Crippen LogP contribution in [0.2, 0.25) is 0 Å². The van der Waals surface area contributed by atoms with Crippen molar-refractivity contribution in [2.45, 2.75) is 19.4 Å². The van der Waals surface area contributed by atoms with E-state index in [9.17, 15) is 4.79 Å². The smallest absolute Gasteiger partial charge is 0.345 e. The Morgan fingerprint density at radius 3 is 2.94 bits per heavy atom. The SMILES string of the molecule is COc1ccc2c(CC(C)N)[nH]c(=O)nc2c1. The van der Waals surface area contributed by atoms with E-state index in [1.54, 1.807) is 13.2 Å². The van der Waals surface area contributed by atoms with Gasteiger partial charge >= 0.3 is 5.69 Å². The second-order valence-corrected chi connectivity index (χ2v) is 4.08. The van der Waals surface area contributed by atoms with Crippen molar-refractivity contribution >= 4 is 10.9 Å². The first-order valence-electron chi connectivity index (χ1n) is 5.42. The summed E-state index contributed by atoms with van der Waals surface area (Å²) in [4.78, 5) is 18.1. The van der Waals surface area contributed by atoms with E-state index in [0.29, 0.717) is 17.7 Å². The Hall–Kier alpha value is -1.88. The van der Waals surface area contributed by atoms with Gasteiger partial charge in [0.15, 0.2) is 0 Å². The molecule has 1 aromatic carbocycles. The number of nitrogens with zero attached hydrogens (tertiary/aromatic N) is 1. The molecule has 0 aliphatic carbocycles. The van der Waals surface area contributed by atoms with Crippen LogP contribution in [0.5, 0.6) is 5.75 Å². The molecule has 0 saturated heterocycles. The largest absolute Gasteiger partial charge is 0.497 e. The van der Waals surface area contributed by atoms with Crippen LogP contribution in [-0.2, 0) is 6.42 Å². The molecule has 0 spiro atoms. The lowest BCUT2D eigenvalue weighted by atomic mass is 10.1. The van der Waals surface area contributed by atoms with Gasteiger partial charge in [-0.2, -0.15) is 4.98 Å². The van der Waals surface area contributed by atoms with E-state index in [1.165, 1.54) is 0 Å². The molecule has 0 fully saturated rings. The van der Waals surface area contributed by atoms with Crippen LogP contribution in [0, 0.1) is 0 Å². The molecule has 3 N–H and O–H groups in total. The molecule has 0 radical (unpaired) electrons. The highest BCUT2D eigenvalue weighted by Crippen LogP contribution is 2.20. The maximum atomic E-state index is 11.4. The number of rotatable bonds is 3. The highest BCUT2D eigenvalue weighted by molar-refractivity contribution is 5.82. The van der Waals surface area contributed by atoms with Crippen molar-refractivity contribution in [3.63, 3.8) is 0 Å². The van der Waals surface area contributed by atoms with Crippen molar-refractivity contribution in [1.29, 1.82) is 0 Å². The monoisotopic (exact) mass is 233 g/mol. The fourth-order valence-corrected chi connectivity index (χ4v) is 1.80. The number of nitrogens with one attached hydrogen (secondary N) is 1. The molecule has 0 aliphatic heterocycles. The van der Waals surface area contributed by atoms with Crippen molar-refractivity contribution in [2.24, 2.45) is 5.73 Å². The van der Waals surface area contributed by atoms with Crippen LogP contribution in [0.25, 0.3) is 10.9 Å². The summed E-state index contributed by atoms with van der Waals surface area (Å²) in [5.41, 5.74) is 6.84. The van der Waals surface area contributed by atoms with E-state index < -0.39 is 0 Å². The minimum Gasteiger partial charge on any atom is -0.497 e. The molecule has 90 valence electrons. The molecule has 2 rings (SSSR count). The van der Waals surface area contributed by atoms with Crippen molar-refractivity contribution in [1.82, 2.24) is 9.97 Å². The molecule has 1 unspecified atom stereocenters. The Bertz CT molecular complexity index is 590. The number of nitrogens with two attached hydrogens (primary N) is 1. The summed E-state index contributed by atoms with van der Waals surface area (Å²) in [5.74, 6) is 0.683. The Kier molecular flexibility index (Phi) is 3.10. The molecule has 0 aliphatic rings. The van der Waals surface area contributed by atoms with E-state index in [2.05, 4.69) is 9.97 Å². The number of fused-ring (bicyclic) bond motifs is 1. The van der Waals surface area contributed by atoms with Crippen LogP contribution < -0.4 is 16.2 Å². The summed E-state index contributed by atoms with van der Waals surface area (Å²) in [6.07, 6.45) is 0.612. The average Bonchev–Trinajstić information content (AvgIpc) is 2.27. The molecule has 17 heavy (non-hydrogen) atoms. The minimum atomic E-state index is -0.360. The Balaban J connectivity index is 2.63. The molecule has 1 aromatic heterocycles. The third kappa shape index (κ3) is 2.45. The maximum Gasteiger partial charge on any atom is 0.345 e. The first kappa shape index (κ1) is 11.6. The number of hydrogen-bond donors (Lipinski definition) is 2. The van der Waals surface area contributed by atoms with Crippen LogP contribution in [0.1, 0.15) is 12.6 Å². The van der Waals surface area contributed by atoms with Gasteiger partial charge in [-0.25, -0.2) is 4.79 Å². The summed E-state index contributed by atoms with van der Waals surface area (Å²) in [6, 6.07) is 5.45. The number of aromatic amines is 1. The normalized spacial score (nSPS) is 12.6. The molecular weight excluding hydrogens is 218 g/mol. The fraction of sp³-hybridized carbons (Fsp3) is 0.333. The van der Waals surface area contributed by atoms with E-state index in [4.69, 9.17) is 10.5 Å².